The van der Waals surface area contributed by atoms with Crippen molar-refractivity contribution in [2.45, 2.75) is 64.3 Å². The van der Waals surface area contributed by atoms with Crippen molar-refractivity contribution in [3.05, 3.63) is 16.4 Å². The number of aromatic nitrogens is 2. The number of nitrogens with zero attached hydrogens (tertiary/aromatic N) is 3. The largest absolute Gasteiger partial charge is 0.338 e. The minimum Gasteiger partial charge on any atom is -0.338 e. The predicted molar refractivity (Wildman–Crippen MR) is 79.0 cm³/mol. The number of hydrogen-bond acceptors (Lipinski definition) is 3. The van der Waals surface area contributed by atoms with Crippen LogP contribution in [0.15, 0.2) is 0 Å². The molecule has 3 rings (SSSR count). The Hall–Kier alpha value is -0.830. The monoisotopic (exact) mass is 279 g/mol. The summed E-state index contributed by atoms with van der Waals surface area (Å²) in [6.07, 6.45) is 9.56. The molecule has 104 valence electrons. The van der Waals surface area contributed by atoms with Crippen LogP contribution in [0.25, 0.3) is 0 Å². The first-order chi connectivity index (χ1) is 9.29. The summed E-state index contributed by atoms with van der Waals surface area (Å²) in [6.45, 7) is 3.33. The Morgan fingerprint density at radius 1 is 1.16 bits per heavy atom. The highest BCUT2D eigenvalue weighted by atomic mass is 35.5. The van der Waals surface area contributed by atoms with E-state index in [2.05, 4.69) is 16.8 Å². The first-order valence-corrected chi connectivity index (χ1v) is 7.99. The number of halogens is 1. The van der Waals surface area contributed by atoms with E-state index in [0.717, 1.165) is 31.8 Å². The number of hydrogen-bond donors (Lipinski definition) is 0. The average molecular weight is 280 g/mol. The maximum Gasteiger partial charge on any atom is 0.227 e. The van der Waals surface area contributed by atoms with Gasteiger partial charge in [0.05, 0.1) is 5.69 Å². The first-order valence-electron chi connectivity index (χ1n) is 7.61. The van der Waals surface area contributed by atoms with Crippen LogP contribution >= 0.6 is 11.6 Å². The molecule has 1 atom stereocenters. The highest BCUT2D eigenvalue weighted by Crippen LogP contribution is 2.30. The Kier molecular flexibility index (Phi) is 3.92. The van der Waals surface area contributed by atoms with Crippen molar-refractivity contribution in [3.8, 4) is 0 Å². The van der Waals surface area contributed by atoms with Crippen molar-refractivity contribution in [3.63, 3.8) is 0 Å². The minimum absolute atomic E-state index is 0.589. The summed E-state index contributed by atoms with van der Waals surface area (Å²) in [5, 5.41) is 0.695. The molecule has 0 saturated carbocycles. The van der Waals surface area contributed by atoms with Gasteiger partial charge in [-0.2, -0.15) is 0 Å². The Bertz CT molecular complexity index is 461. The number of anilines is 1. The molecule has 1 aliphatic heterocycles. The van der Waals surface area contributed by atoms with Gasteiger partial charge in [-0.25, -0.2) is 9.97 Å². The smallest absolute Gasteiger partial charge is 0.227 e. The van der Waals surface area contributed by atoms with Crippen LogP contribution in [-0.4, -0.2) is 22.6 Å². The number of rotatable bonds is 2. The van der Waals surface area contributed by atoms with E-state index in [1.165, 1.54) is 43.4 Å². The average Bonchev–Trinajstić information content (AvgIpc) is 2.47. The van der Waals surface area contributed by atoms with Crippen molar-refractivity contribution in [1.29, 1.82) is 0 Å². The molecule has 0 aromatic carbocycles. The lowest BCUT2D eigenvalue weighted by Crippen LogP contribution is -2.40. The van der Waals surface area contributed by atoms with Crippen LogP contribution in [0.5, 0.6) is 0 Å². The third-order valence-electron chi connectivity index (χ3n) is 4.48. The molecule has 0 N–H and O–H groups in total. The topological polar surface area (TPSA) is 29.0 Å². The molecule has 0 bridgehead atoms. The van der Waals surface area contributed by atoms with Gasteiger partial charge in [0, 0.05) is 18.2 Å². The van der Waals surface area contributed by atoms with Crippen LogP contribution < -0.4 is 4.90 Å². The molecule has 3 nitrogen and oxygen atoms in total. The van der Waals surface area contributed by atoms with Crippen LogP contribution in [0.2, 0.25) is 5.15 Å². The summed E-state index contributed by atoms with van der Waals surface area (Å²) in [7, 11) is 0. The second-order valence-electron chi connectivity index (χ2n) is 5.70. The molecule has 1 saturated heterocycles. The highest BCUT2D eigenvalue weighted by Gasteiger charge is 2.25. The third kappa shape index (κ3) is 2.58. The zero-order valence-corrected chi connectivity index (χ0v) is 12.4. The van der Waals surface area contributed by atoms with E-state index >= 15 is 0 Å². The van der Waals surface area contributed by atoms with Crippen molar-refractivity contribution in [2.24, 2.45) is 0 Å². The molecular formula is C15H22ClN3. The van der Waals surface area contributed by atoms with E-state index in [-0.39, 0.29) is 0 Å². The van der Waals surface area contributed by atoms with Gasteiger partial charge in [-0.3, -0.25) is 0 Å². The fraction of sp³-hybridized carbons (Fsp3) is 0.733. The molecular weight excluding hydrogens is 258 g/mol. The molecule has 0 spiro atoms. The van der Waals surface area contributed by atoms with Gasteiger partial charge in [0.15, 0.2) is 0 Å². The molecule has 0 radical (unpaired) electrons. The molecule has 1 unspecified atom stereocenters. The van der Waals surface area contributed by atoms with Gasteiger partial charge < -0.3 is 4.90 Å². The minimum atomic E-state index is 0.589. The fourth-order valence-electron chi connectivity index (χ4n) is 3.35. The van der Waals surface area contributed by atoms with E-state index in [9.17, 15) is 0 Å². The zero-order valence-electron chi connectivity index (χ0n) is 11.7. The normalized spacial score (nSPS) is 23.3. The maximum atomic E-state index is 6.38. The summed E-state index contributed by atoms with van der Waals surface area (Å²) in [5.74, 6) is 0.872. The molecule has 2 heterocycles. The standard InChI is InChI=1S/C15H22ClN3/c1-2-11-7-5-6-10-19(11)15-17-13-9-4-3-8-12(13)14(16)18-15/h11H,2-10H2,1H3. The molecule has 1 aromatic heterocycles. The Balaban J connectivity index is 1.93. The maximum absolute atomic E-state index is 6.38. The fourth-order valence-corrected chi connectivity index (χ4v) is 3.63. The first kappa shape index (κ1) is 13.2. The van der Waals surface area contributed by atoms with Gasteiger partial charge in [0.2, 0.25) is 5.95 Å². The number of piperidine rings is 1. The van der Waals surface area contributed by atoms with Crippen molar-refractivity contribution >= 4 is 17.5 Å². The molecule has 1 fully saturated rings. The zero-order chi connectivity index (χ0) is 13.2. The van der Waals surface area contributed by atoms with Gasteiger partial charge in [0.1, 0.15) is 5.15 Å². The van der Waals surface area contributed by atoms with E-state index in [0.29, 0.717) is 11.2 Å². The van der Waals surface area contributed by atoms with Crippen LogP contribution in [0.4, 0.5) is 5.95 Å². The summed E-state index contributed by atoms with van der Waals surface area (Å²) >= 11 is 6.38. The molecule has 0 amide bonds. The van der Waals surface area contributed by atoms with Crippen molar-refractivity contribution < 1.29 is 0 Å². The van der Waals surface area contributed by atoms with Crippen LogP contribution in [0.3, 0.4) is 0 Å². The Morgan fingerprint density at radius 3 is 2.84 bits per heavy atom. The summed E-state index contributed by atoms with van der Waals surface area (Å²) in [4.78, 5) is 11.8. The lowest BCUT2D eigenvalue weighted by atomic mass is 9.97. The van der Waals surface area contributed by atoms with Crippen LogP contribution in [0, 0.1) is 0 Å². The Morgan fingerprint density at radius 2 is 2.00 bits per heavy atom. The van der Waals surface area contributed by atoms with Crippen LogP contribution in [0.1, 0.15) is 56.7 Å². The quantitative estimate of drug-likeness (QED) is 0.772. The third-order valence-corrected chi connectivity index (χ3v) is 4.79. The number of aryl methyl sites for hydroxylation is 1. The lowest BCUT2D eigenvalue weighted by Gasteiger charge is -2.35. The Labute approximate surface area is 120 Å². The van der Waals surface area contributed by atoms with E-state index in [4.69, 9.17) is 16.6 Å². The summed E-state index contributed by atoms with van der Waals surface area (Å²) < 4.78 is 0. The van der Waals surface area contributed by atoms with Crippen molar-refractivity contribution in [1.82, 2.24) is 9.97 Å². The summed E-state index contributed by atoms with van der Waals surface area (Å²) in [5.41, 5.74) is 2.39. The van der Waals surface area contributed by atoms with Gasteiger partial charge in [-0.1, -0.05) is 18.5 Å². The SMILES string of the molecule is CCC1CCCCN1c1nc(Cl)c2c(n1)CCCC2. The molecule has 4 heteroatoms. The molecule has 1 aromatic rings. The molecule has 1 aliphatic carbocycles. The van der Waals surface area contributed by atoms with E-state index in [1.54, 1.807) is 0 Å². The number of fused-ring (bicyclic) bond motifs is 1. The lowest BCUT2D eigenvalue weighted by molar-refractivity contribution is 0.442. The van der Waals surface area contributed by atoms with Gasteiger partial charge in [-0.05, 0) is 51.4 Å². The van der Waals surface area contributed by atoms with Crippen LogP contribution in [-0.2, 0) is 12.8 Å². The van der Waals surface area contributed by atoms with Gasteiger partial charge in [-0.15, -0.1) is 0 Å². The van der Waals surface area contributed by atoms with E-state index < -0.39 is 0 Å². The van der Waals surface area contributed by atoms with Gasteiger partial charge in [0.25, 0.3) is 0 Å². The highest BCUT2D eigenvalue weighted by molar-refractivity contribution is 6.30. The second-order valence-corrected chi connectivity index (χ2v) is 6.06. The second kappa shape index (κ2) is 5.66. The summed E-state index contributed by atoms with van der Waals surface area (Å²) in [6, 6.07) is 0.589. The van der Waals surface area contributed by atoms with Crippen molar-refractivity contribution in [2.75, 3.05) is 11.4 Å². The van der Waals surface area contributed by atoms with Gasteiger partial charge >= 0.3 is 0 Å². The molecule has 19 heavy (non-hydrogen) atoms. The van der Waals surface area contributed by atoms with E-state index in [1.807, 2.05) is 0 Å². The predicted octanol–water partition coefficient (Wildman–Crippen LogP) is 3.78. The molecule has 2 aliphatic rings.